The highest BCUT2D eigenvalue weighted by Gasteiger charge is 2.76. The van der Waals surface area contributed by atoms with E-state index in [1.807, 2.05) is 27.7 Å². The van der Waals surface area contributed by atoms with E-state index in [1.165, 1.54) is 59.1 Å². The Bertz CT molecular complexity index is 3460. The summed E-state index contributed by atoms with van der Waals surface area (Å²) < 4.78 is 11.2. The van der Waals surface area contributed by atoms with E-state index in [0.29, 0.717) is 60.2 Å². The molecular formula is C84H120O12. The van der Waals surface area contributed by atoms with E-state index in [2.05, 4.69) is 121 Å². The maximum Gasteiger partial charge on any atom is 0.323 e. The highest BCUT2D eigenvalue weighted by Crippen LogP contribution is 2.81. The zero-order valence-electron chi connectivity index (χ0n) is 61.7. The minimum atomic E-state index is -1.63. The maximum atomic E-state index is 13.3. The van der Waals surface area contributed by atoms with Crippen LogP contribution in [0.25, 0.3) is 0 Å². The van der Waals surface area contributed by atoms with Gasteiger partial charge in [0.25, 0.3) is 0 Å². The molecule has 0 aromatic heterocycles. The normalized spacial score (nSPS) is 44.4. The summed E-state index contributed by atoms with van der Waals surface area (Å²) in [5.74, 6) is -0.317. The first kappa shape index (κ1) is 69.7. The van der Waals surface area contributed by atoms with E-state index < -0.39 is 57.5 Å². The van der Waals surface area contributed by atoms with Gasteiger partial charge in [0.1, 0.15) is 0 Å². The van der Waals surface area contributed by atoms with Crippen molar-refractivity contribution in [3.63, 3.8) is 0 Å². The number of allylic oxidation sites excluding steroid dienone is 10. The van der Waals surface area contributed by atoms with Gasteiger partial charge >= 0.3 is 35.8 Å². The minimum absolute atomic E-state index is 0.00896. The molecule has 10 saturated carbocycles. The Kier molecular flexibility index (Phi) is 15.9. The van der Waals surface area contributed by atoms with Crippen LogP contribution in [0.15, 0.2) is 70.9 Å². The summed E-state index contributed by atoms with van der Waals surface area (Å²) in [5, 5.41) is 40.7. The number of aliphatic carboxylic acids is 4. The lowest BCUT2D eigenvalue weighted by Gasteiger charge is -2.72. The molecule has 0 heterocycles. The molecule has 0 aromatic rings. The molecule has 10 fully saturated rings. The fourth-order valence-corrected chi connectivity index (χ4v) is 29.3. The number of fused-ring (bicyclic) bond motifs is 14. The van der Waals surface area contributed by atoms with Gasteiger partial charge in [0.15, 0.2) is 10.8 Å². The van der Waals surface area contributed by atoms with Crippen LogP contribution in [0.4, 0.5) is 0 Å². The first-order chi connectivity index (χ1) is 44.5. The largest absolute Gasteiger partial charge is 0.481 e. The number of carboxylic acids is 4. The van der Waals surface area contributed by atoms with Crippen molar-refractivity contribution in [3.05, 3.63) is 70.9 Å². The number of hydrogen-bond donors (Lipinski definition) is 4. The standard InChI is InChI=1S/C45H66O6.C39H54O6/c1-26(2)30-14-19-44(36(46)47)21-20-41(10)32(35(30)44)12-13-34-40(9)17-15-31(39(7,8)33(40)16-18-42(34,41)11)29-22-43(23-29)24-45(25-43,37(48)50-27(3)4)38(49)51-28(5)6;1-22(2)24-10-15-38(30(40)41)17-16-35(6)26(29(24)38)8-9-28-34(5)13-11-25(33(3,4)27(34)12-14-36(28,35)7)23-18-37(19-23)20-39(21-37,31(42)43)32(44)45/h15,22,27-28,30,32-35H,1,12-14,16-21,23-25H2,2-11H3,(H,46,47);11,18,24,26-29H,1,8-10,12-17,19-21H2,2-7H3,(H,40,41)(H,42,43)(H,44,45)/t30-,32+,33-,34+,35+,40-,41+,42+,44-;24-,26+,27-,28+,29+,34-,35+,36+,38-/m00/s1. The van der Waals surface area contributed by atoms with Gasteiger partial charge in [-0.3, -0.25) is 28.8 Å². The molecule has 18 atom stereocenters. The molecule has 14 aliphatic carbocycles. The molecule has 12 heteroatoms. The average Bonchev–Trinajstić information content (AvgIpc) is 1.01. The van der Waals surface area contributed by atoms with Crippen molar-refractivity contribution >= 4 is 35.8 Å². The Morgan fingerprint density at radius 1 is 0.438 bits per heavy atom. The van der Waals surface area contributed by atoms with E-state index >= 15 is 0 Å². The zero-order chi connectivity index (χ0) is 70.1. The van der Waals surface area contributed by atoms with Gasteiger partial charge in [0.2, 0.25) is 0 Å². The molecule has 12 nitrogen and oxygen atoms in total. The van der Waals surface area contributed by atoms with Gasteiger partial charge in [-0.15, -0.1) is 0 Å². The predicted octanol–water partition coefficient (Wildman–Crippen LogP) is 18.8. The second-order valence-electron chi connectivity index (χ2n) is 39.2. The number of hydrogen-bond acceptors (Lipinski definition) is 8. The van der Waals surface area contributed by atoms with Crippen LogP contribution >= 0.6 is 0 Å². The Labute approximate surface area is 574 Å². The molecule has 0 radical (unpaired) electrons. The lowest BCUT2D eigenvalue weighted by molar-refractivity contribution is -0.229. The van der Waals surface area contributed by atoms with Crippen LogP contribution in [0, 0.1) is 135 Å². The quantitative estimate of drug-likeness (QED) is 0.0819. The summed E-state index contributed by atoms with van der Waals surface area (Å²) in [6.45, 7) is 45.6. The van der Waals surface area contributed by atoms with E-state index in [1.54, 1.807) is 0 Å². The van der Waals surface area contributed by atoms with E-state index in [4.69, 9.17) is 9.47 Å². The predicted molar refractivity (Wildman–Crippen MR) is 371 cm³/mol. The zero-order valence-corrected chi connectivity index (χ0v) is 61.7. The van der Waals surface area contributed by atoms with Crippen molar-refractivity contribution < 1.29 is 58.7 Å². The summed E-state index contributed by atoms with van der Waals surface area (Å²) in [6.07, 6.45) is 30.7. The molecule has 0 bridgehead atoms. The van der Waals surface area contributed by atoms with Crippen LogP contribution in [0.1, 0.15) is 265 Å². The summed E-state index contributed by atoms with van der Waals surface area (Å²) >= 11 is 0. The first-order valence-corrected chi connectivity index (χ1v) is 38.0. The van der Waals surface area contributed by atoms with Crippen LogP contribution < -0.4 is 0 Å². The number of carbonyl (C=O) groups excluding carboxylic acids is 2. The first-order valence-electron chi connectivity index (χ1n) is 38.0. The number of carbonyl (C=O) groups is 6. The third kappa shape index (κ3) is 9.05. The minimum Gasteiger partial charge on any atom is -0.481 e. The van der Waals surface area contributed by atoms with Crippen molar-refractivity contribution in [2.24, 2.45) is 135 Å². The monoisotopic (exact) mass is 1320 g/mol. The maximum absolute atomic E-state index is 13.3. The molecule has 2 spiro atoms. The van der Waals surface area contributed by atoms with Gasteiger partial charge in [-0.1, -0.05) is 118 Å². The molecule has 4 N–H and O–H groups in total. The molecule has 96 heavy (non-hydrogen) atoms. The molecule has 14 aliphatic rings. The molecule has 0 aliphatic heterocycles. The van der Waals surface area contributed by atoms with Crippen molar-refractivity contribution in [1.82, 2.24) is 0 Å². The third-order valence-corrected chi connectivity index (χ3v) is 33.8. The van der Waals surface area contributed by atoms with Crippen molar-refractivity contribution in [2.45, 2.75) is 277 Å². The molecule has 14 rings (SSSR count). The molecule has 0 saturated heterocycles. The summed E-state index contributed by atoms with van der Waals surface area (Å²) in [5.41, 5.74) is 4.35. The molecule has 0 unspecified atom stereocenters. The van der Waals surface area contributed by atoms with Crippen LogP contribution in [0.2, 0.25) is 0 Å². The van der Waals surface area contributed by atoms with Crippen molar-refractivity contribution in [3.8, 4) is 0 Å². The SMILES string of the molecule is C=C(C)[C@@H]1CC[C@]2(C(=O)O)CC[C@]3(C)[C@H](CC[C@@H]4[C@@]5(C)CC=C(C6=CC7(C6)CC(C(=O)O)(C(=O)O)C7)C(C)(C)[C@@H]5CC[C@]43C)[C@@H]12.C=C(C)[C@@H]1CC[C@]2(C(=O)O)CC[C@]3(C)[C@H](CC[C@@H]4[C@@]5(C)CC=C(C6=CC7(C6)CC(C(=O)OC(C)C)(C(=O)OC(C)C)C7)C(C)(C)[C@@H]5CC[C@]43C)[C@@H]12. The lowest BCUT2D eigenvalue weighted by atomic mass is 9.32. The van der Waals surface area contributed by atoms with Gasteiger partial charge in [-0.2, -0.15) is 0 Å². The van der Waals surface area contributed by atoms with Gasteiger partial charge in [0.05, 0.1) is 23.0 Å². The van der Waals surface area contributed by atoms with Crippen molar-refractivity contribution in [1.29, 1.82) is 0 Å². The summed E-state index contributed by atoms with van der Waals surface area (Å²) in [6, 6.07) is 0. The van der Waals surface area contributed by atoms with E-state index in [9.17, 15) is 49.2 Å². The fraction of sp³-hybridized carbons (Fsp3) is 0.786. The van der Waals surface area contributed by atoms with Gasteiger partial charge in [-0.25, -0.2) is 0 Å². The Morgan fingerprint density at radius 3 is 1.09 bits per heavy atom. The molecule has 0 aromatic carbocycles. The number of rotatable bonds is 12. The van der Waals surface area contributed by atoms with Crippen LogP contribution in [-0.2, 0) is 38.2 Å². The second kappa shape index (κ2) is 21.9. The van der Waals surface area contributed by atoms with Crippen LogP contribution in [0.3, 0.4) is 0 Å². The highest BCUT2D eigenvalue weighted by atomic mass is 16.6. The Hall–Kier alpha value is -4.74. The van der Waals surface area contributed by atoms with E-state index in [0.717, 1.165) is 103 Å². The van der Waals surface area contributed by atoms with Crippen molar-refractivity contribution in [2.75, 3.05) is 0 Å². The number of ether oxygens (including phenoxy) is 2. The van der Waals surface area contributed by atoms with E-state index in [-0.39, 0.29) is 91.0 Å². The smallest absolute Gasteiger partial charge is 0.323 e. The average molecular weight is 1320 g/mol. The topological polar surface area (TPSA) is 202 Å². The fourth-order valence-electron chi connectivity index (χ4n) is 29.3. The van der Waals surface area contributed by atoms with Crippen LogP contribution in [0.5, 0.6) is 0 Å². The number of carboxylic acid groups (broad SMARTS) is 4. The molecule has 0 amide bonds. The van der Waals surface area contributed by atoms with Gasteiger partial charge < -0.3 is 29.9 Å². The third-order valence-electron chi connectivity index (χ3n) is 33.8. The number of esters is 2. The Morgan fingerprint density at radius 2 is 0.781 bits per heavy atom. The summed E-state index contributed by atoms with van der Waals surface area (Å²) in [7, 11) is 0. The van der Waals surface area contributed by atoms with Crippen LogP contribution in [-0.4, -0.2) is 68.4 Å². The highest BCUT2D eigenvalue weighted by molar-refractivity contribution is 6.02. The summed E-state index contributed by atoms with van der Waals surface area (Å²) in [4.78, 5) is 76.2. The second-order valence-corrected chi connectivity index (χ2v) is 39.2. The lowest BCUT2D eigenvalue weighted by Crippen LogP contribution is -2.66. The van der Waals surface area contributed by atoms with Gasteiger partial charge in [0, 0.05) is 0 Å². The Balaban J connectivity index is 0.000000175. The van der Waals surface area contributed by atoms with Gasteiger partial charge in [-0.05, 0) is 331 Å². The molecular weight excluding hydrogens is 1200 g/mol. The molecule has 528 valence electrons.